The Kier molecular flexibility index (Phi) is 8.89. The van der Waals surface area contributed by atoms with Crippen molar-refractivity contribution in [3.63, 3.8) is 0 Å². The molecule has 0 radical (unpaired) electrons. The van der Waals surface area contributed by atoms with Gasteiger partial charge in [0.05, 0.1) is 6.10 Å². The zero-order valence-electron chi connectivity index (χ0n) is 12.8. The van der Waals surface area contributed by atoms with Crippen molar-refractivity contribution in [2.45, 2.75) is 78.9 Å². The highest BCUT2D eigenvalue weighted by atomic mass is 16.5. The van der Waals surface area contributed by atoms with Crippen LogP contribution in [0.5, 0.6) is 0 Å². The Labute approximate surface area is 109 Å². The fourth-order valence-electron chi connectivity index (χ4n) is 1.76. The van der Waals surface area contributed by atoms with E-state index in [2.05, 4.69) is 46.9 Å². The maximum Gasteiger partial charge on any atom is 0.0547 e. The lowest BCUT2D eigenvalue weighted by molar-refractivity contribution is 0.0322. The van der Waals surface area contributed by atoms with Crippen molar-refractivity contribution in [1.29, 1.82) is 0 Å². The van der Waals surface area contributed by atoms with Gasteiger partial charge < -0.3 is 10.1 Å². The molecular formula is C15H33NO. The Balaban J connectivity index is 3.49. The Hall–Kier alpha value is -0.0800. The maximum atomic E-state index is 5.89. The quantitative estimate of drug-likeness (QED) is 0.618. The highest BCUT2D eigenvalue weighted by molar-refractivity contribution is 4.70. The summed E-state index contributed by atoms with van der Waals surface area (Å²) in [6.07, 6.45) is 5.21. The van der Waals surface area contributed by atoms with Crippen LogP contribution in [0.3, 0.4) is 0 Å². The first-order valence-corrected chi connectivity index (χ1v) is 7.25. The third-order valence-corrected chi connectivity index (χ3v) is 3.21. The first-order valence-electron chi connectivity index (χ1n) is 7.25. The highest BCUT2D eigenvalue weighted by Crippen LogP contribution is 2.11. The first kappa shape index (κ1) is 16.9. The SMILES string of the molecule is CCC(CC)COC(C)CCCNC(C)(C)C. The van der Waals surface area contributed by atoms with E-state index < -0.39 is 0 Å². The molecule has 0 amide bonds. The van der Waals surface area contributed by atoms with Gasteiger partial charge in [-0.1, -0.05) is 26.7 Å². The van der Waals surface area contributed by atoms with Crippen LogP contribution in [0.2, 0.25) is 0 Å². The molecule has 0 heterocycles. The van der Waals surface area contributed by atoms with E-state index in [0.717, 1.165) is 25.5 Å². The number of ether oxygens (including phenoxy) is 1. The van der Waals surface area contributed by atoms with E-state index in [1.807, 2.05) is 0 Å². The summed E-state index contributed by atoms with van der Waals surface area (Å²) in [7, 11) is 0. The Bertz CT molecular complexity index is 170. The topological polar surface area (TPSA) is 21.3 Å². The van der Waals surface area contributed by atoms with Crippen molar-refractivity contribution in [2.24, 2.45) is 5.92 Å². The van der Waals surface area contributed by atoms with Crippen LogP contribution in [0.15, 0.2) is 0 Å². The van der Waals surface area contributed by atoms with Crippen LogP contribution < -0.4 is 5.32 Å². The van der Waals surface area contributed by atoms with Gasteiger partial charge in [0.2, 0.25) is 0 Å². The Morgan fingerprint density at radius 1 is 1.12 bits per heavy atom. The fourth-order valence-corrected chi connectivity index (χ4v) is 1.76. The smallest absolute Gasteiger partial charge is 0.0547 e. The van der Waals surface area contributed by atoms with Crippen molar-refractivity contribution in [1.82, 2.24) is 5.32 Å². The van der Waals surface area contributed by atoms with Gasteiger partial charge in [-0.2, -0.15) is 0 Å². The molecule has 1 unspecified atom stereocenters. The van der Waals surface area contributed by atoms with Crippen molar-refractivity contribution in [3.8, 4) is 0 Å². The average molecular weight is 243 g/mol. The normalized spacial score (nSPS) is 14.3. The lowest BCUT2D eigenvalue weighted by atomic mass is 10.1. The predicted molar refractivity (Wildman–Crippen MR) is 76.5 cm³/mol. The van der Waals surface area contributed by atoms with E-state index in [1.54, 1.807) is 0 Å². The second-order valence-electron chi connectivity index (χ2n) is 6.15. The van der Waals surface area contributed by atoms with Crippen LogP contribution >= 0.6 is 0 Å². The van der Waals surface area contributed by atoms with Gasteiger partial charge in [-0.3, -0.25) is 0 Å². The highest BCUT2D eigenvalue weighted by Gasteiger charge is 2.10. The molecule has 104 valence electrons. The van der Waals surface area contributed by atoms with Gasteiger partial charge >= 0.3 is 0 Å². The number of nitrogens with one attached hydrogen (secondary N) is 1. The maximum absolute atomic E-state index is 5.89. The predicted octanol–water partition coefficient (Wildman–Crippen LogP) is 4.00. The molecule has 0 saturated heterocycles. The van der Waals surface area contributed by atoms with Crippen LogP contribution in [0.25, 0.3) is 0 Å². The molecule has 0 aromatic carbocycles. The number of rotatable bonds is 9. The molecule has 0 fully saturated rings. The van der Waals surface area contributed by atoms with E-state index in [1.165, 1.54) is 19.3 Å². The van der Waals surface area contributed by atoms with Crippen LogP contribution in [0.4, 0.5) is 0 Å². The monoisotopic (exact) mass is 243 g/mol. The summed E-state index contributed by atoms with van der Waals surface area (Å²) in [5.41, 5.74) is 0.236. The van der Waals surface area contributed by atoms with E-state index in [4.69, 9.17) is 4.74 Å². The fraction of sp³-hybridized carbons (Fsp3) is 1.00. The van der Waals surface area contributed by atoms with E-state index in [0.29, 0.717) is 6.10 Å². The molecular weight excluding hydrogens is 210 g/mol. The molecule has 1 N–H and O–H groups in total. The zero-order valence-corrected chi connectivity index (χ0v) is 12.8. The minimum atomic E-state index is 0.236. The number of hydrogen-bond donors (Lipinski definition) is 1. The zero-order chi connectivity index (χ0) is 13.3. The van der Waals surface area contributed by atoms with E-state index >= 15 is 0 Å². The van der Waals surface area contributed by atoms with E-state index in [9.17, 15) is 0 Å². The molecule has 2 heteroatoms. The van der Waals surface area contributed by atoms with Crippen molar-refractivity contribution in [3.05, 3.63) is 0 Å². The van der Waals surface area contributed by atoms with Gasteiger partial charge in [0, 0.05) is 12.1 Å². The molecule has 2 nitrogen and oxygen atoms in total. The Morgan fingerprint density at radius 3 is 2.18 bits per heavy atom. The first-order chi connectivity index (χ1) is 7.89. The molecule has 0 aromatic heterocycles. The van der Waals surface area contributed by atoms with Crippen LogP contribution in [-0.2, 0) is 4.74 Å². The average Bonchev–Trinajstić information content (AvgIpc) is 2.24. The summed E-state index contributed by atoms with van der Waals surface area (Å²) < 4.78 is 5.89. The number of hydrogen-bond acceptors (Lipinski definition) is 2. The molecule has 0 aliphatic carbocycles. The van der Waals surface area contributed by atoms with Crippen molar-refractivity contribution in [2.75, 3.05) is 13.2 Å². The van der Waals surface area contributed by atoms with Gasteiger partial charge in [-0.25, -0.2) is 0 Å². The summed E-state index contributed by atoms with van der Waals surface area (Å²) in [5.74, 6) is 0.741. The van der Waals surface area contributed by atoms with Gasteiger partial charge in [-0.05, 0) is 53.0 Å². The van der Waals surface area contributed by atoms with Gasteiger partial charge in [0.25, 0.3) is 0 Å². The molecule has 1 atom stereocenters. The third-order valence-electron chi connectivity index (χ3n) is 3.21. The molecule has 0 bridgehead atoms. The van der Waals surface area contributed by atoms with Gasteiger partial charge in [0.15, 0.2) is 0 Å². The summed E-state index contributed by atoms with van der Waals surface area (Å²) in [6.45, 7) is 15.3. The largest absolute Gasteiger partial charge is 0.378 e. The van der Waals surface area contributed by atoms with E-state index in [-0.39, 0.29) is 5.54 Å². The second kappa shape index (κ2) is 8.93. The minimum Gasteiger partial charge on any atom is -0.378 e. The summed E-state index contributed by atoms with van der Waals surface area (Å²) in [6, 6.07) is 0. The van der Waals surface area contributed by atoms with Gasteiger partial charge in [-0.15, -0.1) is 0 Å². The molecule has 0 saturated carbocycles. The summed E-state index contributed by atoms with van der Waals surface area (Å²) in [5, 5.41) is 3.51. The molecule has 0 aromatic rings. The second-order valence-corrected chi connectivity index (χ2v) is 6.15. The van der Waals surface area contributed by atoms with Crippen LogP contribution in [-0.4, -0.2) is 24.8 Å². The lowest BCUT2D eigenvalue weighted by Gasteiger charge is -2.22. The molecule has 0 rings (SSSR count). The standard InChI is InChI=1S/C15H33NO/c1-7-14(8-2)12-17-13(3)10-9-11-16-15(4,5)6/h13-14,16H,7-12H2,1-6H3. The summed E-state index contributed by atoms with van der Waals surface area (Å²) >= 11 is 0. The van der Waals surface area contributed by atoms with Crippen molar-refractivity contribution < 1.29 is 4.74 Å². The Morgan fingerprint density at radius 2 is 1.71 bits per heavy atom. The van der Waals surface area contributed by atoms with Crippen molar-refractivity contribution >= 4 is 0 Å². The van der Waals surface area contributed by atoms with Gasteiger partial charge in [0.1, 0.15) is 0 Å². The molecule has 17 heavy (non-hydrogen) atoms. The molecule has 0 spiro atoms. The van der Waals surface area contributed by atoms with Crippen LogP contribution in [0, 0.1) is 5.92 Å². The van der Waals surface area contributed by atoms with Crippen LogP contribution in [0.1, 0.15) is 67.2 Å². The summed E-state index contributed by atoms with van der Waals surface area (Å²) in [4.78, 5) is 0. The molecule has 0 aliphatic heterocycles. The molecule has 0 aliphatic rings. The third kappa shape index (κ3) is 10.8. The minimum absolute atomic E-state index is 0.236. The lowest BCUT2D eigenvalue weighted by Crippen LogP contribution is -2.36.